The van der Waals surface area contributed by atoms with Gasteiger partial charge >= 0.3 is 6.09 Å². The number of halogens is 1. The highest BCUT2D eigenvalue weighted by Crippen LogP contribution is 2.24. The summed E-state index contributed by atoms with van der Waals surface area (Å²) in [4.78, 5) is 13.8. The molecule has 1 heterocycles. The molecular formula is C15H20ClNO2. The van der Waals surface area contributed by atoms with Gasteiger partial charge in [-0.1, -0.05) is 23.7 Å². The largest absolute Gasteiger partial charge is 0.444 e. The van der Waals surface area contributed by atoms with Gasteiger partial charge in [0.25, 0.3) is 0 Å². The van der Waals surface area contributed by atoms with Crippen LogP contribution in [0.25, 0.3) is 0 Å². The Morgan fingerprint density at radius 2 is 2.00 bits per heavy atom. The van der Waals surface area contributed by atoms with E-state index in [2.05, 4.69) is 0 Å². The third-order valence-electron chi connectivity index (χ3n) is 3.16. The monoisotopic (exact) mass is 281 g/mol. The summed E-state index contributed by atoms with van der Waals surface area (Å²) < 4.78 is 5.39. The fourth-order valence-corrected chi connectivity index (χ4v) is 2.23. The molecule has 1 atom stereocenters. The van der Waals surface area contributed by atoms with Crippen LogP contribution in [0.15, 0.2) is 24.3 Å². The first kappa shape index (κ1) is 14.2. The van der Waals surface area contributed by atoms with Crippen molar-refractivity contribution in [2.45, 2.75) is 45.3 Å². The van der Waals surface area contributed by atoms with Crippen molar-refractivity contribution in [2.75, 3.05) is 6.54 Å². The fourth-order valence-electron chi connectivity index (χ4n) is 2.11. The van der Waals surface area contributed by atoms with Gasteiger partial charge in [0, 0.05) is 17.6 Å². The minimum Gasteiger partial charge on any atom is -0.444 e. The lowest BCUT2D eigenvalue weighted by molar-refractivity contribution is -0.00498. The van der Waals surface area contributed by atoms with Crippen molar-refractivity contribution in [1.82, 2.24) is 4.90 Å². The minimum absolute atomic E-state index is 0.210. The Hall–Kier alpha value is -1.22. The highest BCUT2D eigenvalue weighted by Gasteiger charge is 2.34. The Morgan fingerprint density at radius 1 is 1.37 bits per heavy atom. The van der Waals surface area contributed by atoms with E-state index in [0.29, 0.717) is 0 Å². The summed E-state index contributed by atoms with van der Waals surface area (Å²) >= 11 is 5.86. The summed E-state index contributed by atoms with van der Waals surface area (Å²) in [5, 5.41) is 0.737. The number of hydrogen-bond donors (Lipinski definition) is 0. The summed E-state index contributed by atoms with van der Waals surface area (Å²) in [5.41, 5.74) is 0.764. The van der Waals surface area contributed by atoms with E-state index in [1.165, 1.54) is 5.56 Å². The SMILES string of the molecule is CC(C)(C)OC(=O)N1CCC1Cc1ccc(Cl)cc1. The van der Waals surface area contributed by atoms with Crippen LogP contribution in [-0.2, 0) is 11.2 Å². The molecule has 0 N–H and O–H groups in total. The second kappa shape index (κ2) is 5.41. The Balaban J connectivity index is 1.92. The molecule has 19 heavy (non-hydrogen) atoms. The summed E-state index contributed by atoms with van der Waals surface area (Å²) in [7, 11) is 0. The molecule has 0 spiro atoms. The Morgan fingerprint density at radius 3 is 2.47 bits per heavy atom. The van der Waals surface area contributed by atoms with Gasteiger partial charge in [-0.25, -0.2) is 4.79 Å². The van der Waals surface area contributed by atoms with Crippen LogP contribution >= 0.6 is 11.6 Å². The van der Waals surface area contributed by atoms with Crippen molar-refractivity contribution < 1.29 is 9.53 Å². The second-order valence-corrected chi connectivity index (χ2v) is 6.38. The molecule has 104 valence electrons. The van der Waals surface area contributed by atoms with E-state index in [4.69, 9.17) is 16.3 Å². The molecule has 1 aromatic carbocycles. The van der Waals surface area contributed by atoms with Gasteiger partial charge < -0.3 is 9.64 Å². The molecule has 1 unspecified atom stereocenters. The summed E-state index contributed by atoms with van der Waals surface area (Å²) in [6.45, 7) is 6.45. The number of hydrogen-bond acceptors (Lipinski definition) is 2. The predicted octanol–water partition coefficient (Wildman–Crippen LogP) is 3.89. The lowest BCUT2D eigenvalue weighted by atomic mass is 9.96. The first-order chi connectivity index (χ1) is 8.85. The first-order valence-corrected chi connectivity index (χ1v) is 6.97. The predicted molar refractivity (Wildman–Crippen MR) is 76.5 cm³/mol. The van der Waals surface area contributed by atoms with Crippen molar-refractivity contribution >= 4 is 17.7 Å². The Bertz CT molecular complexity index is 450. The zero-order valence-electron chi connectivity index (χ0n) is 11.6. The third-order valence-corrected chi connectivity index (χ3v) is 3.41. The maximum Gasteiger partial charge on any atom is 0.410 e. The molecule has 0 aromatic heterocycles. The van der Waals surface area contributed by atoms with E-state index in [-0.39, 0.29) is 12.1 Å². The molecule has 0 saturated carbocycles. The number of rotatable bonds is 2. The minimum atomic E-state index is -0.433. The van der Waals surface area contributed by atoms with E-state index in [1.807, 2.05) is 45.0 Å². The van der Waals surface area contributed by atoms with Crippen LogP contribution in [-0.4, -0.2) is 29.2 Å². The maximum atomic E-state index is 12.0. The van der Waals surface area contributed by atoms with Gasteiger partial charge in [0.1, 0.15) is 5.60 Å². The summed E-state index contributed by atoms with van der Waals surface area (Å²) in [6, 6.07) is 8.03. The lowest BCUT2D eigenvalue weighted by Crippen LogP contribution is -2.53. The van der Waals surface area contributed by atoms with Crippen LogP contribution in [0.5, 0.6) is 0 Å². The van der Waals surface area contributed by atoms with Crippen molar-refractivity contribution in [3.8, 4) is 0 Å². The van der Waals surface area contributed by atoms with Crippen molar-refractivity contribution in [3.05, 3.63) is 34.9 Å². The quantitative estimate of drug-likeness (QED) is 0.823. The number of likely N-dealkylation sites (tertiary alicyclic amines) is 1. The molecule has 1 saturated heterocycles. The molecule has 1 aliphatic heterocycles. The van der Waals surface area contributed by atoms with E-state index < -0.39 is 5.60 Å². The van der Waals surface area contributed by atoms with Crippen LogP contribution in [0.3, 0.4) is 0 Å². The van der Waals surface area contributed by atoms with Gasteiger partial charge in [0.15, 0.2) is 0 Å². The van der Waals surface area contributed by atoms with Gasteiger partial charge in [0.2, 0.25) is 0 Å². The molecule has 0 radical (unpaired) electrons. The van der Waals surface area contributed by atoms with Crippen LogP contribution in [0.1, 0.15) is 32.8 Å². The molecule has 1 amide bonds. The van der Waals surface area contributed by atoms with Gasteiger partial charge in [-0.2, -0.15) is 0 Å². The van der Waals surface area contributed by atoms with E-state index in [1.54, 1.807) is 4.90 Å². The molecule has 4 heteroatoms. The van der Waals surface area contributed by atoms with Gasteiger partial charge in [-0.15, -0.1) is 0 Å². The van der Waals surface area contributed by atoms with Gasteiger partial charge in [-0.3, -0.25) is 0 Å². The fraction of sp³-hybridized carbons (Fsp3) is 0.533. The normalized spacial score (nSPS) is 18.9. The van der Waals surface area contributed by atoms with Crippen LogP contribution < -0.4 is 0 Å². The average Bonchev–Trinajstić information content (AvgIpc) is 2.24. The van der Waals surface area contributed by atoms with Crippen molar-refractivity contribution in [2.24, 2.45) is 0 Å². The number of nitrogens with zero attached hydrogens (tertiary/aromatic N) is 1. The summed E-state index contributed by atoms with van der Waals surface area (Å²) in [6.07, 6.45) is 1.68. The topological polar surface area (TPSA) is 29.5 Å². The van der Waals surface area contributed by atoms with Gasteiger partial charge in [0.05, 0.1) is 0 Å². The number of carbonyl (C=O) groups excluding carboxylic acids is 1. The first-order valence-electron chi connectivity index (χ1n) is 6.59. The smallest absolute Gasteiger partial charge is 0.410 e. The van der Waals surface area contributed by atoms with E-state index in [0.717, 1.165) is 24.4 Å². The Labute approximate surface area is 119 Å². The highest BCUT2D eigenvalue weighted by molar-refractivity contribution is 6.30. The standard InChI is InChI=1S/C15H20ClNO2/c1-15(2,3)19-14(18)17-9-8-13(17)10-11-4-6-12(16)7-5-11/h4-7,13H,8-10H2,1-3H3. The maximum absolute atomic E-state index is 12.0. The lowest BCUT2D eigenvalue weighted by Gasteiger charge is -2.41. The third kappa shape index (κ3) is 3.87. The van der Waals surface area contributed by atoms with Crippen LogP contribution in [0, 0.1) is 0 Å². The molecule has 2 rings (SSSR count). The Kier molecular flexibility index (Phi) is 4.04. The molecule has 3 nitrogen and oxygen atoms in total. The van der Waals surface area contributed by atoms with E-state index in [9.17, 15) is 4.79 Å². The highest BCUT2D eigenvalue weighted by atomic mass is 35.5. The molecule has 0 aliphatic carbocycles. The number of ether oxygens (including phenoxy) is 1. The van der Waals surface area contributed by atoms with Crippen LogP contribution in [0.2, 0.25) is 5.02 Å². The second-order valence-electron chi connectivity index (χ2n) is 5.95. The molecular weight excluding hydrogens is 262 g/mol. The van der Waals surface area contributed by atoms with Crippen molar-refractivity contribution in [3.63, 3.8) is 0 Å². The molecule has 1 aromatic rings. The number of carbonyl (C=O) groups is 1. The summed E-state index contributed by atoms with van der Waals surface area (Å²) in [5.74, 6) is 0. The average molecular weight is 282 g/mol. The molecule has 0 bridgehead atoms. The zero-order chi connectivity index (χ0) is 14.0. The number of benzene rings is 1. The molecule has 1 fully saturated rings. The van der Waals surface area contributed by atoms with Crippen molar-refractivity contribution in [1.29, 1.82) is 0 Å². The zero-order valence-corrected chi connectivity index (χ0v) is 12.4. The number of amides is 1. The van der Waals surface area contributed by atoms with E-state index >= 15 is 0 Å². The van der Waals surface area contributed by atoms with Gasteiger partial charge in [-0.05, 0) is 51.3 Å². The van der Waals surface area contributed by atoms with Crippen LogP contribution in [0.4, 0.5) is 4.79 Å². The molecule has 1 aliphatic rings.